The molecule has 0 amide bonds. The molecule has 1 N–H and O–H groups in total. The number of hydrogen-bond acceptors (Lipinski definition) is 5. The van der Waals surface area contributed by atoms with Crippen LogP contribution in [0.4, 0.5) is 17.1 Å². The van der Waals surface area contributed by atoms with E-state index in [1.165, 1.54) is 24.9 Å². The Morgan fingerprint density at radius 2 is 1.82 bits per heavy atom. The van der Waals surface area contributed by atoms with Gasteiger partial charge in [0.25, 0.3) is 0 Å². The van der Waals surface area contributed by atoms with Crippen molar-refractivity contribution in [3.05, 3.63) is 42.5 Å². The van der Waals surface area contributed by atoms with E-state index in [2.05, 4.69) is 42.2 Å². The minimum Gasteiger partial charge on any atom is -0.480 e. The molecule has 0 saturated carbocycles. The van der Waals surface area contributed by atoms with Crippen LogP contribution < -0.4 is 14.5 Å². The summed E-state index contributed by atoms with van der Waals surface area (Å²) < 4.78 is 5.63. The molecule has 5 nitrogen and oxygen atoms in total. The maximum absolute atomic E-state index is 11.0. The highest BCUT2D eigenvalue weighted by molar-refractivity contribution is 7.99. The summed E-state index contributed by atoms with van der Waals surface area (Å²) in [5.41, 5.74) is 3.23. The Morgan fingerprint density at radius 1 is 1.15 bits per heavy atom. The number of unbranched alkanes of at least 4 members (excludes halogenated alkanes) is 1. The highest BCUT2D eigenvalue weighted by Gasteiger charge is 2.26. The van der Waals surface area contributed by atoms with E-state index >= 15 is 0 Å². The first-order chi connectivity index (χ1) is 16.0. The predicted molar refractivity (Wildman–Crippen MR) is 144 cm³/mol. The van der Waals surface area contributed by atoms with Crippen molar-refractivity contribution in [1.29, 1.82) is 0 Å². The van der Waals surface area contributed by atoms with Gasteiger partial charge in [-0.2, -0.15) is 0 Å². The molecule has 184 valence electrons. The zero-order chi connectivity index (χ0) is 24.8. The van der Waals surface area contributed by atoms with Crippen LogP contribution in [0, 0.1) is 5.92 Å². The van der Waals surface area contributed by atoms with Gasteiger partial charge in [0.1, 0.15) is 5.75 Å². The molecule has 2 aromatic carbocycles. The van der Waals surface area contributed by atoms with E-state index in [9.17, 15) is 4.79 Å². The lowest BCUT2D eigenvalue weighted by molar-refractivity contribution is -0.139. The number of rotatable bonds is 8. The first-order valence-electron chi connectivity index (χ1n) is 12.1. The van der Waals surface area contributed by atoms with Gasteiger partial charge in [-0.05, 0) is 36.6 Å². The van der Waals surface area contributed by atoms with Gasteiger partial charge in [0.05, 0.1) is 11.4 Å². The number of carboxylic acid groups (broad SMARTS) is 1. The van der Waals surface area contributed by atoms with Crippen LogP contribution in [0.5, 0.6) is 5.75 Å². The van der Waals surface area contributed by atoms with Gasteiger partial charge >= 0.3 is 5.97 Å². The SMILES string of the molecule is CC.CC.CCCCC1CSc2cc(OCC(=O)O)c(N(C)C)cc2N(c2ccccc2)C1. The van der Waals surface area contributed by atoms with Gasteiger partial charge in [0.15, 0.2) is 6.61 Å². The summed E-state index contributed by atoms with van der Waals surface area (Å²) in [6, 6.07) is 14.6. The lowest BCUT2D eigenvalue weighted by Gasteiger charge is -2.29. The Hall–Kier alpha value is -2.34. The fourth-order valence-electron chi connectivity index (χ4n) is 3.61. The fourth-order valence-corrected chi connectivity index (χ4v) is 4.80. The predicted octanol–water partition coefficient (Wildman–Crippen LogP) is 7.32. The minimum atomic E-state index is -0.970. The van der Waals surface area contributed by atoms with Crippen molar-refractivity contribution in [2.75, 3.05) is 42.8 Å². The summed E-state index contributed by atoms with van der Waals surface area (Å²) in [6.45, 7) is 10.9. The molecule has 0 aromatic heterocycles. The molecule has 1 aliphatic rings. The first kappa shape index (κ1) is 28.7. The summed E-state index contributed by atoms with van der Waals surface area (Å²) in [4.78, 5) is 16.5. The molecular weight excluding hydrogens is 432 g/mol. The quantitative estimate of drug-likeness (QED) is 0.432. The van der Waals surface area contributed by atoms with E-state index in [-0.39, 0.29) is 6.61 Å². The van der Waals surface area contributed by atoms with E-state index in [0.717, 1.165) is 28.6 Å². The third kappa shape index (κ3) is 8.50. The number of fused-ring (bicyclic) bond motifs is 1. The van der Waals surface area contributed by atoms with Gasteiger partial charge in [-0.15, -0.1) is 11.8 Å². The number of nitrogens with zero attached hydrogens (tertiary/aromatic N) is 2. The smallest absolute Gasteiger partial charge is 0.341 e. The number of anilines is 3. The number of thioether (sulfide) groups is 1. The molecule has 0 aliphatic carbocycles. The molecule has 0 fully saturated rings. The van der Waals surface area contributed by atoms with Crippen molar-refractivity contribution in [2.24, 2.45) is 5.92 Å². The number of carboxylic acids is 1. The molecule has 1 heterocycles. The number of para-hydroxylation sites is 1. The first-order valence-corrected chi connectivity index (χ1v) is 13.1. The highest BCUT2D eigenvalue weighted by atomic mass is 32.2. The Balaban J connectivity index is 0.00000129. The normalized spacial score (nSPS) is 14.5. The van der Waals surface area contributed by atoms with Crippen molar-refractivity contribution in [2.45, 2.75) is 58.8 Å². The van der Waals surface area contributed by atoms with Crippen LogP contribution in [0.15, 0.2) is 47.4 Å². The summed E-state index contributed by atoms with van der Waals surface area (Å²) in [6.07, 6.45) is 3.65. The second kappa shape index (κ2) is 15.5. The highest BCUT2D eigenvalue weighted by Crippen LogP contribution is 2.45. The van der Waals surface area contributed by atoms with Crippen LogP contribution in [-0.4, -0.2) is 44.1 Å². The fraction of sp³-hybridized carbons (Fsp3) is 0.519. The van der Waals surface area contributed by atoms with Gasteiger partial charge in [-0.3, -0.25) is 0 Å². The second-order valence-electron chi connectivity index (χ2n) is 7.63. The van der Waals surface area contributed by atoms with Crippen LogP contribution >= 0.6 is 11.8 Å². The van der Waals surface area contributed by atoms with E-state index in [4.69, 9.17) is 9.84 Å². The van der Waals surface area contributed by atoms with E-state index in [1.807, 2.05) is 70.6 Å². The van der Waals surface area contributed by atoms with Crippen molar-refractivity contribution >= 4 is 34.8 Å². The zero-order valence-electron chi connectivity index (χ0n) is 21.4. The molecule has 1 aliphatic heterocycles. The van der Waals surface area contributed by atoms with Gasteiger partial charge in [-0.25, -0.2) is 4.79 Å². The van der Waals surface area contributed by atoms with Gasteiger partial charge < -0.3 is 19.6 Å². The molecule has 33 heavy (non-hydrogen) atoms. The summed E-state index contributed by atoms with van der Waals surface area (Å²) >= 11 is 1.85. The maximum atomic E-state index is 11.0. The minimum absolute atomic E-state index is 0.341. The van der Waals surface area contributed by atoms with Crippen molar-refractivity contribution < 1.29 is 14.6 Å². The molecule has 0 radical (unpaired) electrons. The molecule has 0 bridgehead atoms. The third-order valence-electron chi connectivity index (χ3n) is 5.11. The number of carbonyl (C=O) groups is 1. The lowest BCUT2D eigenvalue weighted by Crippen LogP contribution is -2.25. The van der Waals surface area contributed by atoms with Crippen LogP contribution in [-0.2, 0) is 4.79 Å². The van der Waals surface area contributed by atoms with Crippen LogP contribution in [0.1, 0.15) is 53.9 Å². The monoisotopic (exact) mass is 474 g/mol. The summed E-state index contributed by atoms with van der Waals surface area (Å²) in [5.74, 6) is 1.29. The van der Waals surface area contributed by atoms with Gasteiger partial charge in [0, 0.05) is 37.0 Å². The second-order valence-corrected chi connectivity index (χ2v) is 8.69. The lowest BCUT2D eigenvalue weighted by atomic mass is 10.0. The third-order valence-corrected chi connectivity index (χ3v) is 6.39. The average Bonchev–Trinajstić information content (AvgIpc) is 3.03. The summed E-state index contributed by atoms with van der Waals surface area (Å²) in [7, 11) is 3.91. The number of hydrogen-bond donors (Lipinski definition) is 1. The number of benzene rings is 2. The largest absolute Gasteiger partial charge is 0.480 e. The van der Waals surface area contributed by atoms with Gasteiger partial charge in [-0.1, -0.05) is 65.7 Å². The average molecular weight is 475 g/mol. The Labute approximate surface area is 205 Å². The summed E-state index contributed by atoms with van der Waals surface area (Å²) in [5, 5.41) is 9.04. The van der Waals surface area contributed by atoms with E-state index < -0.39 is 5.97 Å². The Kier molecular flexibility index (Phi) is 13.5. The zero-order valence-corrected chi connectivity index (χ0v) is 22.2. The van der Waals surface area contributed by atoms with Crippen molar-refractivity contribution in [3.8, 4) is 5.75 Å². The Morgan fingerprint density at radius 3 is 2.39 bits per heavy atom. The molecule has 1 unspecified atom stereocenters. The van der Waals surface area contributed by atoms with Crippen LogP contribution in [0.2, 0.25) is 0 Å². The molecule has 0 saturated heterocycles. The van der Waals surface area contributed by atoms with Crippen LogP contribution in [0.25, 0.3) is 0 Å². The van der Waals surface area contributed by atoms with Crippen molar-refractivity contribution in [3.63, 3.8) is 0 Å². The van der Waals surface area contributed by atoms with E-state index in [0.29, 0.717) is 11.7 Å². The molecular formula is C27H42N2O3S. The molecule has 1 atom stereocenters. The molecule has 0 spiro atoms. The topological polar surface area (TPSA) is 53.0 Å². The number of aliphatic carboxylic acids is 1. The molecule has 2 aromatic rings. The standard InChI is InChI=1S/C23H30N2O3S.2C2H6/c1-4-5-9-17-14-25(18-10-7-6-8-11-18)20-12-19(24(2)3)21(28-15-23(26)27)13-22(20)29-16-17;2*1-2/h6-8,10-13,17H,4-5,9,14-16H2,1-3H3,(H,26,27);2*1-2H3. The Bertz CT molecular complexity index is 828. The maximum Gasteiger partial charge on any atom is 0.341 e. The van der Waals surface area contributed by atoms with Crippen molar-refractivity contribution in [1.82, 2.24) is 0 Å². The number of ether oxygens (including phenoxy) is 1. The van der Waals surface area contributed by atoms with Crippen LogP contribution in [0.3, 0.4) is 0 Å². The van der Waals surface area contributed by atoms with E-state index in [1.54, 1.807) is 0 Å². The van der Waals surface area contributed by atoms with Gasteiger partial charge in [0.2, 0.25) is 0 Å². The molecule has 3 rings (SSSR count). The molecule has 6 heteroatoms.